The van der Waals surface area contributed by atoms with Gasteiger partial charge in [-0.2, -0.15) is 13.2 Å². The van der Waals surface area contributed by atoms with Crippen LogP contribution in [0.3, 0.4) is 0 Å². The van der Waals surface area contributed by atoms with Crippen LogP contribution in [0.1, 0.15) is 30.4 Å². The van der Waals surface area contributed by atoms with Gasteiger partial charge in [-0.15, -0.1) is 0 Å². The Kier molecular flexibility index (Phi) is 5.66. The molecule has 0 aliphatic carbocycles. The SMILES string of the molecule is CNC(CCCC(F)(F)F)Cc1ccccc1C. The number of rotatable bonds is 6. The van der Waals surface area contributed by atoms with Crippen molar-refractivity contribution in [2.75, 3.05) is 7.05 Å². The van der Waals surface area contributed by atoms with Crippen LogP contribution >= 0.6 is 0 Å². The molecule has 1 aromatic rings. The third kappa shape index (κ3) is 5.54. The summed E-state index contributed by atoms with van der Waals surface area (Å²) >= 11 is 0. The van der Waals surface area contributed by atoms with E-state index in [0.29, 0.717) is 6.42 Å². The summed E-state index contributed by atoms with van der Waals surface area (Å²) < 4.78 is 36.2. The number of halogens is 3. The Morgan fingerprint density at radius 2 is 1.89 bits per heavy atom. The summed E-state index contributed by atoms with van der Waals surface area (Å²) in [6, 6.07) is 8.09. The van der Waals surface area contributed by atoms with Crippen LogP contribution in [0.25, 0.3) is 0 Å². The highest BCUT2D eigenvalue weighted by Crippen LogP contribution is 2.23. The molecular formula is C14H20F3N. The first-order valence-electron chi connectivity index (χ1n) is 6.21. The molecule has 0 saturated heterocycles. The first-order valence-corrected chi connectivity index (χ1v) is 6.21. The molecule has 1 N–H and O–H groups in total. The highest BCUT2D eigenvalue weighted by molar-refractivity contribution is 5.26. The van der Waals surface area contributed by atoms with Crippen LogP contribution in [0.15, 0.2) is 24.3 Å². The van der Waals surface area contributed by atoms with E-state index in [0.717, 1.165) is 6.42 Å². The maximum absolute atomic E-state index is 12.1. The molecule has 1 atom stereocenters. The zero-order valence-corrected chi connectivity index (χ0v) is 10.8. The van der Waals surface area contributed by atoms with Gasteiger partial charge < -0.3 is 5.32 Å². The summed E-state index contributed by atoms with van der Waals surface area (Å²) in [7, 11) is 1.80. The van der Waals surface area contributed by atoms with Gasteiger partial charge in [-0.05, 0) is 44.4 Å². The normalized spacial score (nSPS) is 13.6. The fraction of sp³-hybridized carbons (Fsp3) is 0.571. The second kappa shape index (κ2) is 6.78. The summed E-state index contributed by atoms with van der Waals surface area (Å²) in [5.41, 5.74) is 2.39. The first-order chi connectivity index (χ1) is 8.42. The molecule has 0 aromatic heterocycles. The third-order valence-electron chi connectivity index (χ3n) is 3.15. The van der Waals surface area contributed by atoms with Crippen molar-refractivity contribution in [2.45, 2.75) is 44.8 Å². The van der Waals surface area contributed by atoms with Gasteiger partial charge in [0.25, 0.3) is 0 Å². The molecule has 102 valence electrons. The molecule has 0 saturated carbocycles. The molecule has 1 rings (SSSR count). The molecule has 0 spiro atoms. The van der Waals surface area contributed by atoms with Gasteiger partial charge in [-0.1, -0.05) is 24.3 Å². The highest BCUT2D eigenvalue weighted by Gasteiger charge is 2.26. The highest BCUT2D eigenvalue weighted by atomic mass is 19.4. The van der Waals surface area contributed by atoms with E-state index in [4.69, 9.17) is 0 Å². The van der Waals surface area contributed by atoms with E-state index in [1.807, 2.05) is 31.2 Å². The molecule has 0 aliphatic heterocycles. The average molecular weight is 259 g/mol. The van der Waals surface area contributed by atoms with E-state index in [9.17, 15) is 13.2 Å². The average Bonchev–Trinajstić information content (AvgIpc) is 2.29. The van der Waals surface area contributed by atoms with Crippen molar-refractivity contribution in [2.24, 2.45) is 0 Å². The van der Waals surface area contributed by atoms with Gasteiger partial charge in [0, 0.05) is 12.5 Å². The van der Waals surface area contributed by atoms with Crippen molar-refractivity contribution in [3.8, 4) is 0 Å². The number of benzene rings is 1. The van der Waals surface area contributed by atoms with Crippen molar-refractivity contribution >= 4 is 0 Å². The van der Waals surface area contributed by atoms with Crippen molar-refractivity contribution in [3.63, 3.8) is 0 Å². The van der Waals surface area contributed by atoms with Crippen LogP contribution in [0.5, 0.6) is 0 Å². The molecule has 18 heavy (non-hydrogen) atoms. The number of nitrogens with one attached hydrogen (secondary N) is 1. The van der Waals surface area contributed by atoms with E-state index in [1.165, 1.54) is 11.1 Å². The van der Waals surface area contributed by atoms with Crippen LogP contribution in [0, 0.1) is 6.92 Å². The Balaban J connectivity index is 2.45. The zero-order chi connectivity index (χ0) is 13.6. The standard InChI is InChI=1S/C14H20F3N/c1-11-6-3-4-7-12(11)10-13(18-2)8-5-9-14(15,16)17/h3-4,6-7,13,18H,5,8-10H2,1-2H3. The minimum atomic E-state index is -4.04. The van der Waals surface area contributed by atoms with Crippen molar-refractivity contribution < 1.29 is 13.2 Å². The number of hydrogen-bond donors (Lipinski definition) is 1. The first kappa shape index (κ1) is 15.0. The Hall–Kier alpha value is -1.03. The third-order valence-corrected chi connectivity index (χ3v) is 3.15. The Morgan fingerprint density at radius 1 is 1.22 bits per heavy atom. The van der Waals surface area contributed by atoms with Crippen LogP contribution in [0.2, 0.25) is 0 Å². The van der Waals surface area contributed by atoms with Gasteiger partial charge in [-0.25, -0.2) is 0 Å². The second-order valence-corrected chi connectivity index (χ2v) is 4.62. The lowest BCUT2D eigenvalue weighted by Gasteiger charge is -2.18. The predicted octanol–water partition coefficient (Wildman–Crippen LogP) is 3.86. The van der Waals surface area contributed by atoms with Crippen LogP contribution in [-0.2, 0) is 6.42 Å². The van der Waals surface area contributed by atoms with Crippen molar-refractivity contribution in [1.29, 1.82) is 0 Å². The molecule has 4 heteroatoms. The Labute approximate surface area is 106 Å². The van der Waals surface area contributed by atoms with E-state index in [-0.39, 0.29) is 12.5 Å². The fourth-order valence-electron chi connectivity index (χ4n) is 2.00. The molecule has 0 radical (unpaired) electrons. The molecular weight excluding hydrogens is 239 g/mol. The van der Waals surface area contributed by atoms with Gasteiger partial charge in [0.05, 0.1) is 0 Å². The molecule has 0 heterocycles. The molecule has 0 amide bonds. The maximum Gasteiger partial charge on any atom is 0.389 e. The fourth-order valence-corrected chi connectivity index (χ4v) is 2.00. The molecule has 1 nitrogen and oxygen atoms in total. The minimum Gasteiger partial charge on any atom is -0.317 e. The quantitative estimate of drug-likeness (QED) is 0.818. The lowest BCUT2D eigenvalue weighted by molar-refractivity contribution is -0.135. The van der Waals surface area contributed by atoms with Crippen LogP contribution in [-0.4, -0.2) is 19.3 Å². The maximum atomic E-state index is 12.1. The monoisotopic (exact) mass is 259 g/mol. The van der Waals surface area contributed by atoms with Crippen molar-refractivity contribution in [1.82, 2.24) is 5.32 Å². The van der Waals surface area contributed by atoms with Gasteiger partial charge in [0.1, 0.15) is 0 Å². The van der Waals surface area contributed by atoms with Crippen LogP contribution < -0.4 is 5.32 Å². The molecule has 0 aliphatic rings. The molecule has 1 unspecified atom stereocenters. The van der Waals surface area contributed by atoms with Gasteiger partial charge in [0.15, 0.2) is 0 Å². The number of hydrogen-bond acceptors (Lipinski definition) is 1. The zero-order valence-electron chi connectivity index (χ0n) is 10.8. The summed E-state index contributed by atoms with van der Waals surface area (Å²) in [5, 5.41) is 3.10. The van der Waals surface area contributed by atoms with E-state index in [1.54, 1.807) is 7.05 Å². The van der Waals surface area contributed by atoms with Gasteiger partial charge in [0.2, 0.25) is 0 Å². The van der Waals surface area contributed by atoms with E-state index in [2.05, 4.69) is 5.32 Å². The van der Waals surface area contributed by atoms with Gasteiger partial charge >= 0.3 is 6.18 Å². The Bertz CT molecular complexity index is 360. The minimum absolute atomic E-state index is 0.105. The predicted molar refractivity (Wildman–Crippen MR) is 67.6 cm³/mol. The molecule has 0 bridgehead atoms. The van der Waals surface area contributed by atoms with E-state index >= 15 is 0 Å². The smallest absolute Gasteiger partial charge is 0.317 e. The summed E-state index contributed by atoms with van der Waals surface area (Å²) in [6.07, 6.45) is -3.23. The lowest BCUT2D eigenvalue weighted by atomic mass is 9.98. The van der Waals surface area contributed by atoms with E-state index < -0.39 is 12.6 Å². The summed E-state index contributed by atoms with van der Waals surface area (Å²) in [4.78, 5) is 0. The van der Waals surface area contributed by atoms with Gasteiger partial charge in [-0.3, -0.25) is 0 Å². The summed E-state index contributed by atoms with van der Waals surface area (Å²) in [6.45, 7) is 2.03. The topological polar surface area (TPSA) is 12.0 Å². The second-order valence-electron chi connectivity index (χ2n) is 4.62. The largest absolute Gasteiger partial charge is 0.389 e. The van der Waals surface area contributed by atoms with Crippen molar-refractivity contribution in [3.05, 3.63) is 35.4 Å². The van der Waals surface area contributed by atoms with Crippen LogP contribution in [0.4, 0.5) is 13.2 Å². The number of aryl methyl sites for hydroxylation is 1. The number of alkyl halides is 3. The molecule has 0 fully saturated rings. The lowest BCUT2D eigenvalue weighted by Crippen LogP contribution is -2.28. The molecule has 1 aromatic carbocycles. The summed E-state index contributed by atoms with van der Waals surface area (Å²) in [5.74, 6) is 0. The number of likely N-dealkylation sites (N-methyl/N-ethyl adjacent to an activating group) is 1. The Morgan fingerprint density at radius 3 is 2.44 bits per heavy atom.